The highest BCUT2D eigenvalue weighted by molar-refractivity contribution is 6.33. The summed E-state index contributed by atoms with van der Waals surface area (Å²) in [7, 11) is 0. The third-order valence-electron chi connectivity index (χ3n) is 3.43. The zero-order valence-corrected chi connectivity index (χ0v) is 12.5. The van der Waals surface area contributed by atoms with Crippen LogP contribution in [0.5, 0.6) is 0 Å². The van der Waals surface area contributed by atoms with Crippen LogP contribution in [0, 0.1) is 6.92 Å². The van der Waals surface area contributed by atoms with Gasteiger partial charge in [-0.05, 0) is 36.2 Å². The van der Waals surface area contributed by atoms with Crippen molar-refractivity contribution >= 4 is 17.3 Å². The minimum absolute atomic E-state index is 0.745. The second kappa shape index (κ2) is 6.02. The molecule has 3 aromatic rings. The average Bonchev–Trinajstić information content (AvgIpc) is 3.02. The van der Waals surface area contributed by atoms with Crippen LogP contribution in [0.25, 0.3) is 5.69 Å². The fourth-order valence-electron chi connectivity index (χ4n) is 2.24. The molecule has 0 aliphatic heterocycles. The molecule has 21 heavy (non-hydrogen) atoms. The van der Waals surface area contributed by atoms with Crippen LogP contribution >= 0.6 is 11.6 Å². The lowest BCUT2D eigenvalue weighted by atomic mass is 10.1. The van der Waals surface area contributed by atoms with Crippen molar-refractivity contribution in [2.24, 2.45) is 0 Å². The molecular weight excluding hydrogens is 282 g/mol. The van der Waals surface area contributed by atoms with Crippen molar-refractivity contribution in [2.75, 3.05) is 5.32 Å². The van der Waals surface area contributed by atoms with Gasteiger partial charge >= 0.3 is 0 Å². The van der Waals surface area contributed by atoms with E-state index in [9.17, 15) is 0 Å². The SMILES string of the molecule is Cc1cccc(Cl)c1NCc1ccc(-n2ccnc2)cc1. The Labute approximate surface area is 129 Å². The molecular formula is C17H16ClN3. The largest absolute Gasteiger partial charge is 0.380 e. The molecule has 0 fully saturated rings. The number of nitrogens with one attached hydrogen (secondary N) is 1. The van der Waals surface area contributed by atoms with Gasteiger partial charge in [0, 0.05) is 24.6 Å². The number of nitrogens with zero attached hydrogens (tertiary/aromatic N) is 2. The van der Waals surface area contributed by atoms with Crippen molar-refractivity contribution < 1.29 is 0 Å². The third-order valence-corrected chi connectivity index (χ3v) is 3.75. The van der Waals surface area contributed by atoms with E-state index in [4.69, 9.17) is 11.6 Å². The Balaban J connectivity index is 1.71. The number of imidazole rings is 1. The van der Waals surface area contributed by atoms with E-state index >= 15 is 0 Å². The summed E-state index contributed by atoms with van der Waals surface area (Å²) in [4.78, 5) is 4.05. The van der Waals surface area contributed by atoms with E-state index in [0.29, 0.717) is 0 Å². The molecule has 3 rings (SSSR count). The predicted molar refractivity (Wildman–Crippen MR) is 87.1 cm³/mol. The van der Waals surface area contributed by atoms with Crippen LogP contribution in [0.4, 0.5) is 5.69 Å². The molecule has 3 nitrogen and oxygen atoms in total. The number of hydrogen-bond donors (Lipinski definition) is 1. The van der Waals surface area contributed by atoms with Gasteiger partial charge in [0.25, 0.3) is 0 Å². The van der Waals surface area contributed by atoms with Gasteiger partial charge in [0.1, 0.15) is 0 Å². The molecule has 1 N–H and O–H groups in total. The summed E-state index contributed by atoms with van der Waals surface area (Å²) in [5.74, 6) is 0. The summed E-state index contributed by atoms with van der Waals surface area (Å²) in [5.41, 5.74) is 4.46. The molecule has 4 heteroatoms. The molecule has 0 bridgehead atoms. The van der Waals surface area contributed by atoms with E-state index in [1.165, 1.54) is 5.56 Å². The second-order valence-corrected chi connectivity index (χ2v) is 5.33. The first kappa shape index (κ1) is 13.7. The fourth-order valence-corrected chi connectivity index (χ4v) is 2.53. The van der Waals surface area contributed by atoms with Crippen LogP contribution in [0.3, 0.4) is 0 Å². The fraction of sp³-hybridized carbons (Fsp3) is 0.118. The van der Waals surface area contributed by atoms with Crippen molar-refractivity contribution in [1.29, 1.82) is 0 Å². The van der Waals surface area contributed by atoms with Crippen LogP contribution < -0.4 is 5.32 Å². The van der Waals surface area contributed by atoms with Crippen LogP contribution in [-0.4, -0.2) is 9.55 Å². The topological polar surface area (TPSA) is 29.9 Å². The van der Waals surface area contributed by atoms with Gasteiger partial charge in [0.15, 0.2) is 0 Å². The highest BCUT2D eigenvalue weighted by Gasteiger charge is 2.03. The van der Waals surface area contributed by atoms with E-state index in [2.05, 4.69) is 47.6 Å². The Morgan fingerprint density at radius 3 is 2.62 bits per heavy atom. The maximum Gasteiger partial charge on any atom is 0.0991 e. The number of aromatic nitrogens is 2. The van der Waals surface area contributed by atoms with Crippen LogP contribution in [-0.2, 0) is 6.54 Å². The number of halogens is 1. The molecule has 0 saturated carbocycles. The van der Waals surface area contributed by atoms with E-state index in [0.717, 1.165) is 28.5 Å². The zero-order chi connectivity index (χ0) is 14.7. The number of rotatable bonds is 4. The maximum atomic E-state index is 6.22. The van der Waals surface area contributed by atoms with Gasteiger partial charge in [-0.25, -0.2) is 4.98 Å². The minimum Gasteiger partial charge on any atom is -0.380 e. The lowest BCUT2D eigenvalue weighted by Gasteiger charge is -2.12. The highest BCUT2D eigenvalue weighted by Crippen LogP contribution is 2.25. The van der Waals surface area contributed by atoms with E-state index in [1.807, 2.05) is 22.9 Å². The molecule has 1 heterocycles. The van der Waals surface area contributed by atoms with Gasteiger partial charge in [-0.2, -0.15) is 0 Å². The first-order valence-electron chi connectivity index (χ1n) is 6.80. The molecule has 106 valence electrons. The van der Waals surface area contributed by atoms with Crippen molar-refractivity contribution in [3.8, 4) is 5.69 Å². The Morgan fingerprint density at radius 2 is 1.95 bits per heavy atom. The lowest BCUT2D eigenvalue weighted by molar-refractivity contribution is 1.05. The lowest BCUT2D eigenvalue weighted by Crippen LogP contribution is -2.02. The molecule has 0 aliphatic rings. The molecule has 0 atom stereocenters. The standard InChI is InChI=1S/C17H16ClN3/c1-13-3-2-4-16(18)17(13)20-11-14-5-7-15(8-6-14)21-10-9-19-12-21/h2-10,12,20H,11H2,1H3. The Morgan fingerprint density at radius 1 is 1.14 bits per heavy atom. The molecule has 0 radical (unpaired) electrons. The molecule has 0 saturated heterocycles. The first-order valence-corrected chi connectivity index (χ1v) is 7.18. The van der Waals surface area contributed by atoms with E-state index in [1.54, 1.807) is 12.5 Å². The van der Waals surface area contributed by atoms with Crippen LogP contribution in [0.1, 0.15) is 11.1 Å². The number of benzene rings is 2. The summed E-state index contributed by atoms with van der Waals surface area (Å²) in [6.07, 6.45) is 5.50. The van der Waals surface area contributed by atoms with E-state index < -0.39 is 0 Å². The minimum atomic E-state index is 0.745. The molecule has 2 aromatic carbocycles. The van der Waals surface area contributed by atoms with Gasteiger partial charge in [-0.1, -0.05) is 35.9 Å². The van der Waals surface area contributed by atoms with Crippen LogP contribution in [0.15, 0.2) is 61.2 Å². The zero-order valence-electron chi connectivity index (χ0n) is 11.8. The predicted octanol–water partition coefficient (Wildman–Crippen LogP) is 4.45. The van der Waals surface area contributed by atoms with Gasteiger partial charge in [0.2, 0.25) is 0 Å². The van der Waals surface area contributed by atoms with Crippen molar-refractivity contribution in [1.82, 2.24) is 9.55 Å². The number of aryl methyl sites for hydroxylation is 1. The van der Waals surface area contributed by atoms with Gasteiger partial charge < -0.3 is 9.88 Å². The molecule has 0 aliphatic carbocycles. The second-order valence-electron chi connectivity index (χ2n) is 4.92. The molecule has 0 spiro atoms. The molecule has 1 aromatic heterocycles. The Kier molecular flexibility index (Phi) is 3.93. The Hall–Kier alpha value is -2.26. The van der Waals surface area contributed by atoms with Gasteiger partial charge in [0.05, 0.1) is 17.0 Å². The maximum absolute atomic E-state index is 6.22. The van der Waals surface area contributed by atoms with Gasteiger partial charge in [-0.15, -0.1) is 0 Å². The summed E-state index contributed by atoms with van der Waals surface area (Å²) in [6.45, 7) is 2.80. The summed E-state index contributed by atoms with van der Waals surface area (Å²) in [5, 5.41) is 4.16. The molecule has 0 amide bonds. The first-order chi connectivity index (χ1) is 10.2. The Bertz CT molecular complexity index is 698. The van der Waals surface area contributed by atoms with Crippen molar-refractivity contribution in [3.63, 3.8) is 0 Å². The smallest absolute Gasteiger partial charge is 0.0991 e. The highest BCUT2D eigenvalue weighted by atomic mass is 35.5. The van der Waals surface area contributed by atoms with Crippen LogP contribution in [0.2, 0.25) is 5.02 Å². The number of anilines is 1. The summed E-state index contributed by atoms with van der Waals surface area (Å²) in [6, 6.07) is 14.3. The van der Waals surface area contributed by atoms with Crippen molar-refractivity contribution in [3.05, 3.63) is 77.3 Å². The number of hydrogen-bond acceptors (Lipinski definition) is 2. The third kappa shape index (κ3) is 3.09. The molecule has 0 unspecified atom stereocenters. The monoisotopic (exact) mass is 297 g/mol. The van der Waals surface area contributed by atoms with Crippen molar-refractivity contribution in [2.45, 2.75) is 13.5 Å². The van der Waals surface area contributed by atoms with E-state index in [-0.39, 0.29) is 0 Å². The van der Waals surface area contributed by atoms with Gasteiger partial charge in [-0.3, -0.25) is 0 Å². The summed E-state index contributed by atoms with van der Waals surface area (Å²) >= 11 is 6.22. The summed E-state index contributed by atoms with van der Waals surface area (Å²) < 4.78 is 1.98. The normalized spacial score (nSPS) is 10.6. The average molecular weight is 298 g/mol. The number of para-hydroxylation sites is 1. The quantitative estimate of drug-likeness (QED) is 0.771.